The molecule has 1 aromatic carbocycles. The minimum absolute atomic E-state index is 0.155. The van der Waals surface area contributed by atoms with Gasteiger partial charge in [-0.1, -0.05) is 12.1 Å². The highest BCUT2D eigenvalue weighted by Gasteiger charge is 2.32. The summed E-state index contributed by atoms with van der Waals surface area (Å²) >= 11 is 3.41. The fourth-order valence-corrected chi connectivity index (χ4v) is 4.85. The lowest BCUT2D eigenvalue weighted by atomic mass is 10.1. The molecule has 1 unspecified atom stereocenters. The summed E-state index contributed by atoms with van der Waals surface area (Å²) in [5, 5.41) is 2.22. The van der Waals surface area contributed by atoms with Gasteiger partial charge in [0.1, 0.15) is 5.37 Å². The first-order valence-corrected chi connectivity index (χ1v) is 9.31. The standard InChI is InChI=1S/C17H19NO3S2/c1-20-13-6-5-12(10-14(13)21-2)7-8-18-16(19)11-23-17(18)15-4-3-9-22-15/h3-6,9-10,17H,7-8,11H2,1-2H3. The monoisotopic (exact) mass is 349 g/mol. The highest BCUT2D eigenvalue weighted by Crippen LogP contribution is 2.40. The van der Waals surface area contributed by atoms with Gasteiger partial charge in [-0.2, -0.15) is 0 Å². The molecular formula is C17H19NO3S2. The Morgan fingerprint density at radius 3 is 2.74 bits per heavy atom. The highest BCUT2D eigenvalue weighted by molar-refractivity contribution is 8.00. The van der Waals surface area contributed by atoms with E-state index in [2.05, 4.69) is 11.4 Å². The zero-order valence-electron chi connectivity index (χ0n) is 13.2. The van der Waals surface area contributed by atoms with Crippen LogP contribution in [-0.4, -0.2) is 37.3 Å². The van der Waals surface area contributed by atoms with Crippen LogP contribution in [0, 0.1) is 0 Å². The van der Waals surface area contributed by atoms with Crippen molar-refractivity contribution in [1.29, 1.82) is 0 Å². The van der Waals surface area contributed by atoms with E-state index in [0.29, 0.717) is 12.3 Å². The number of nitrogens with zero attached hydrogens (tertiary/aromatic N) is 1. The van der Waals surface area contributed by atoms with Crippen LogP contribution in [-0.2, 0) is 11.2 Å². The summed E-state index contributed by atoms with van der Waals surface area (Å²) in [5.41, 5.74) is 1.14. The molecule has 4 nitrogen and oxygen atoms in total. The molecule has 1 aliphatic heterocycles. The Labute approximate surface area is 144 Å². The van der Waals surface area contributed by atoms with Gasteiger partial charge in [-0.15, -0.1) is 23.1 Å². The second kappa shape index (κ2) is 7.27. The molecule has 3 rings (SSSR count). The Hall–Kier alpha value is -1.66. The molecule has 1 atom stereocenters. The third-order valence-electron chi connectivity index (χ3n) is 3.84. The van der Waals surface area contributed by atoms with Gasteiger partial charge in [0.15, 0.2) is 11.5 Å². The number of rotatable bonds is 6. The fourth-order valence-electron chi connectivity index (χ4n) is 2.65. The number of ether oxygens (including phenoxy) is 2. The summed E-state index contributed by atoms with van der Waals surface area (Å²) in [6.45, 7) is 0.712. The molecule has 0 aliphatic carbocycles. The molecule has 0 radical (unpaired) electrons. The zero-order valence-corrected chi connectivity index (χ0v) is 14.8. The van der Waals surface area contributed by atoms with Crippen LogP contribution in [0.3, 0.4) is 0 Å². The second-order valence-corrected chi connectivity index (χ2v) is 7.25. The average molecular weight is 349 g/mol. The van der Waals surface area contributed by atoms with E-state index in [-0.39, 0.29) is 11.3 Å². The first-order valence-electron chi connectivity index (χ1n) is 7.38. The predicted octanol–water partition coefficient (Wildman–Crippen LogP) is 3.58. The van der Waals surface area contributed by atoms with Gasteiger partial charge in [0.05, 0.1) is 20.0 Å². The van der Waals surface area contributed by atoms with E-state index in [0.717, 1.165) is 23.5 Å². The number of thioether (sulfide) groups is 1. The average Bonchev–Trinajstić information content (AvgIpc) is 3.22. The molecule has 1 saturated heterocycles. The number of hydrogen-bond acceptors (Lipinski definition) is 5. The van der Waals surface area contributed by atoms with Crippen LogP contribution >= 0.6 is 23.1 Å². The van der Waals surface area contributed by atoms with E-state index >= 15 is 0 Å². The number of amides is 1. The first-order chi connectivity index (χ1) is 11.2. The van der Waals surface area contributed by atoms with Crippen molar-refractivity contribution in [2.75, 3.05) is 26.5 Å². The summed E-state index contributed by atoms with van der Waals surface area (Å²) in [4.78, 5) is 15.4. The van der Waals surface area contributed by atoms with Crippen molar-refractivity contribution in [3.8, 4) is 11.5 Å². The van der Waals surface area contributed by atoms with E-state index in [1.54, 1.807) is 37.3 Å². The van der Waals surface area contributed by atoms with Crippen molar-refractivity contribution in [2.45, 2.75) is 11.8 Å². The van der Waals surface area contributed by atoms with Crippen LogP contribution in [0.15, 0.2) is 35.7 Å². The van der Waals surface area contributed by atoms with Gasteiger partial charge in [-0.25, -0.2) is 0 Å². The largest absolute Gasteiger partial charge is 0.493 e. The van der Waals surface area contributed by atoms with Crippen molar-refractivity contribution in [3.63, 3.8) is 0 Å². The first kappa shape index (κ1) is 16.2. The molecule has 0 spiro atoms. The van der Waals surface area contributed by atoms with Gasteiger partial charge in [0.25, 0.3) is 0 Å². The van der Waals surface area contributed by atoms with E-state index in [4.69, 9.17) is 9.47 Å². The van der Waals surface area contributed by atoms with Crippen molar-refractivity contribution in [3.05, 3.63) is 46.2 Å². The maximum absolute atomic E-state index is 12.2. The van der Waals surface area contributed by atoms with Crippen molar-refractivity contribution < 1.29 is 14.3 Å². The summed E-state index contributed by atoms with van der Waals surface area (Å²) in [6, 6.07) is 10.0. The second-order valence-electron chi connectivity index (χ2n) is 5.21. The summed E-state index contributed by atoms with van der Waals surface area (Å²) in [5.74, 6) is 2.23. The number of carbonyl (C=O) groups excluding carboxylic acids is 1. The van der Waals surface area contributed by atoms with Gasteiger partial charge < -0.3 is 14.4 Å². The maximum atomic E-state index is 12.2. The molecule has 6 heteroatoms. The van der Waals surface area contributed by atoms with Crippen molar-refractivity contribution in [2.24, 2.45) is 0 Å². The maximum Gasteiger partial charge on any atom is 0.233 e. The van der Waals surface area contributed by atoms with Crippen LogP contribution < -0.4 is 9.47 Å². The lowest BCUT2D eigenvalue weighted by Gasteiger charge is -2.23. The van der Waals surface area contributed by atoms with Gasteiger partial charge in [0, 0.05) is 11.4 Å². The lowest BCUT2D eigenvalue weighted by molar-refractivity contribution is -0.127. The Balaban J connectivity index is 1.70. The van der Waals surface area contributed by atoms with E-state index in [1.165, 1.54) is 4.88 Å². The van der Waals surface area contributed by atoms with Crippen LogP contribution in [0.25, 0.3) is 0 Å². The zero-order chi connectivity index (χ0) is 16.2. The van der Waals surface area contributed by atoms with Gasteiger partial charge in [-0.05, 0) is 35.6 Å². The molecule has 2 heterocycles. The summed E-state index contributed by atoms with van der Waals surface area (Å²) < 4.78 is 10.6. The Morgan fingerprint density at radius 1 is 1.22 bits per heavy atom. The van der Waals surface area contributed by atoms with E-state index < -0.39 is 0 Å². The van der Waals surface area contributed by atoms with Crippen molar-refractivity contribution >= 4 is 29.0 Å². The molecule has 1 fully saturated rings. The molecule has 0 bridgehead atoms. The Bertz CT molecular complexity index is 672. The molecule has 0 saturated carbocycles. The number of carbonyl (C=O) groups is 1. The van der Waals surface area contributed by atoms with Crippen LogP contribution in [0.1, 0.15) is 15.8 Å². The van der Waals surface area contributed by atoms with Gasteiger partial charge >= 0.3 is 0 Å². The van der Waals surface area contributed by atoms with Crippen molar-refractivity contribution in [1.82, 2.24) is 4.90 Å². The van der Waals surface area contributed by atoms with E-state index in [1.807, 2.05) is 29.2 Å². The fraction of sp³-hybridized carbons (Fsp3) is 0.353. The Kier molecular flexibility index (Phi) is 5.13. The Morgan fingerprint density at radius 2 is 2.04 bits per heavy atom. The van der Waals surface area contributed by atoms with E-state index in [9.17, 15) is 4.79 Å². The summed E-state index contributed by atoms with van der Waals surface area (Å²) in [7, 11) is 3.26. The minimum Gasteiger partial charge on any atom is -0.493 e. The number of thiophene rings is 1. The molecule has 1 amide bonds. The van der Waals surface area contributed by atoms with Gasteiger partial charge in [0.2, 0.25) is 5.91 Å². The molecule has 2 aromatic rings. The SMILES string of the molecule is COc1ccc(CCN2C(=O)CSC2c2cccs2)cc1OC. The quantitative estimate of drug-likeness (QED) is 0.799. The molecule has 0 N–H and O–H groups in total. The minimum atomic E-state index is 0.155. The predicted molar refractivity (Wildman–Crippen MR) is 94.5 cm³/mol. The molecule has 1 aliphatic rings. The number of benzene rings is 1. The summed E-state index contributed by atoms with van der Waals surface area (Å²) in [6.07, 6.45) is 0.800. The number of hydrogen-bond donors (Lipinski definition) is 0. The highest BCUT2D eigenvalue weighted by atomic mass is 32.2. The van der Waals surface area contributed by atoms with Crippen LogP contribution in [0.4, 0.5) is 0 Å². The smallest absolute Gasteiger partial charge is 0.233 e. The topological polar surface area (TPSA) is 38.8 Å². The molecular weight excluding hydrogens is 330 g/mol. The molecule has 1 aromatic heterocycles. The number of methoxy groups -OCH3 is 2. The van der Waals surface area contributed by atoms with Crippen LogP contribution in [0.5, 0.6) is 11.5 Å². The van der Waals surface area contributed by atoms with Gasteiger partial charge in [-0.3, -0.25) is 4.79 Å². The lowest BCUT2D eigenvalue weighted by Crippen LogP contribution is -2.30. The van der Waals surface area contributed by atoms with Crippen LogP contribution in [0.2, 0.25) is 0 Å². The molecule has 23 heavy (non-hydrogen) atoms. The third kappa shape index (κ3) is 3.48. The molecule has 122 valence electrons. The third-order valence-corrected chi connectivity index (χ3v) is 6.16. The normalized spacial score (nSPS) is 17.6.